The molecule has 3 aromatic carbocycles. The molecule has 0 saturated carbocycles. The fraction of sp³-hybridized carbons (Fsp3) is 0.333. The Balaban J connectivity index is 1.67. The van der Waals surface area contributed by atoms with Gasteiger partial charge in [-0.3, -0.25) is 14.5 Å². The topological polar surface area (TPSA) is 78.2 Å². The third kappa shape index (κ3) is 4.92. The second-order valence-corrected chi connectivity index (χ2v) is 10.1. The summed E-state index contributed by atoms with van der Waals surface area (Å²) >= 11 is 0. The van der Waals surface area contributed by atoms with Crippen LogP contribution >= 0.6 is 0 Å². The molecule has 1 aromatic heterocycles. The monoisotopic (exact) mass is 541 g/mol. The van der Waals surface area contributed by atoms with Gasteiger partial charge in [0, 0.05) is 5.69 Å². The number of carbonyl (C=O) groups excluding carboxylic acids is 1. The zero-order chi connectivity index (χ0) is 28.4. The van der Waals surface area contributed by atoms with E-state index in [-0.39, 0.29) is 17.1 Å². The molecular formula is C33H35NO6. The van der Waals surface area contributed by atoms with Gasteiger partial charge in [-0.05, 0) is 92.4 Å². The summed E-state index contributed by atoms with van der Waals surface area (Å²) in [5, 5.41) is 0.455. The molecule has 208 valence electrons. The van der Waals surface area contributed by atoms with Gasteiger partial charge in [-0.2, -0.15) is 0 Å². The van der Waals surface area contributed by atoms with Gasteiger partial charge in [0.05, 0.1) is 37.3 Å². The smallest absolute Gasteiger partial charge is 0.295 e. The summed E-state index contributed by atoms with van der Waals surface area (Å²) in [6.45, 7) is 9.10. The maximum atomic E-state index is 14.0. The van der Waals surface area contributed by atoms with Crippen molar-refractivity contribution in [1.82, 2.24) is 0 Å². The minimum Gasteiger partial charge on any atom is -0.494 e. The normalized spacial score (nSPS) is 14.5. The van der Waals surface area contributed by atoms with E-state index in [1.807, 2.05) is 75.4 Å². The summed E-state index contributed by atoms with van der Waals surface area (Å²) in [7, 11) is 1.59. The van der Waals surface area contributed by atoms with Crippen molar-refractivity contribution in [3.63, 3.8) is 0 Å². The molecule has 0 aliphatic carbocycles. The number of benzene rings is 3. The molecule has 5 rings (SSSR count). The average molecular weight is 542 g/mol. The van der Waals surface area contributed by atoms with Crippen LogP contribution in [0.3, 0.4) is 0 Å². The van der Waals surface area contributed by atoms with Crippen LogP contribution in [0.5, 0.6) is 17.2 Å². The van der Waals surface area contributed by atoms with E-state index in [0.29, 0.717) is 58.2 Å². The van der Waals surface area contributed by atoms with Crippen molar-refractivity contribution in [2.24, 2.45) is 0 Å². The Bertz CT molecular complexity index is 1600. The highest BCUT2D eigenvalue weighted by atomic mass is 16.5. The van der Waals surface area contributed by atoms with Crippen LogP contribution in [0.4, 0.5) is 5.69 Å². The molecule has 1 aliphatic heterocycles. The number of unbranched alkanes of at least 4 members (excludes halogenated alkanes) is 2. The molecule has 40 heavy (non-hydrogen) atoms. The molecule has 0 saturated heterocycles. The van der Waals surface area contributed by atoms with Gasteiger partial charge in [-0.1, -0.05) is 25.8 Å². The lowest BCUT2D eigenvalue weighted by molar-refractivity contribution is 0.0971. The number of hydrogen-bond donors (Lipinski definition) is 0. The van der Waals surface area contributed by atoms with Crippen molar-refractivity contribution < 1.29 is 23.4 Å². The third-order valence-electron chi connectivity index (χ3n) is 7.42. The van der Waals surface area contributed by atoms with Gasteiger partial charge in [-0.15, -0.1) is 0 Å². The van der Waals surface area contributed by atoms with Gasteiger partial charge in [0.2, 0.25) is 5.76 Å². The number of amides is 1. The van der Waals surface area contributed by atoms with E-state index in [9.17, 15) is 9.59 Å². The second kappa shape index (κ2) is 11.5. The van der Waals surface area contributed by atoms with E-state index in [0.717, 1.165) is 30.4 Å². The molecule has 0 fully saturated rings. The van der Waals surface area contributed by atoms with Crippen LogP contribution in [0, 0.1) is 13.8 Å². The first-order chi connectivity index (χ1) is 19.4. The predicted octanol–water partition coefficient (Wildman–Crippen LogP) is 7.14. The molecule has 4 aromatic rings. The van der Waals surface area contributed by atoms with Crippen LogP contribution in [-0.4, -0.2) is 26.2 Å². The van der Waals surface area contributed by atoms with Crippen LogP contribution in [0.15, 0.2) is 63.8 Å². The summed E-state index contributed by atoms with van der Waals surface area (Å²) in [5.74, 6) is 1.54. The van der Waals surface area contributed by atoms with Crippen LogP contribution in [0.25, 0.3) is 11.0 Å². The molecule has 0 bridgehead atoms. The van der Waals surface area contributed by atoms with Gasteiger partial charge >= 0.3 is 0 Å². The molecule has 1 unspecified atom stereocenters. The molecule has 7 nitrogen and oxygen atoms in total. The first-order valence-electron chi connectivity index (χ1n) is 13.8. The molecule has 2 heterocycles. The lowest BCUT2D eigenvalue weighted by Crippen LogP contribution is -2.29. The SMILES string of the molecule is CCCCCOc1ccc(C2c3c(oc4cc(C)c(C)cc4c3=O)C(=O)N2c2ccc(OCC)cc2)cc1OC. The van der Waals surface area contributed by atoms with E-state index in [4.69, 9.17) is 18.6 Å². The number of fused-ring (bicyclic) bond motifs is 2. The van der Waals surface area contributed by atoms with Crippen molar-refractivity contribution in [2.45, 2.75) is 53.0 Å². The van der Waals surface area contributed by atoms with E-state index in [1.54, 1.807) is 12.0 Å². The van der Waals surface area contributed by atoms with Crippen LogP contribution in [-0.2, 0) is 0 Å². The van der Waals surface area contributed by atoms with E-state index in [2.05, 4.69) is 6.92 Å². The standard InChI is InChI=1S/C33H35NO6/c1-6-8-9-16-39-26-15-10-22(19-28(26)37-5)30-29-31(35)25-17-20(3)21(4)18-27(25)40-32(29)33(36)34(30)23-11-13-24(14-12-23)38-7-2/h10-15,17-19,30H,6-9,16H2,1-5H3. The van der Waals surface area contributed by atoms with Gasteiger partial charge in [0.15, 0.2) is 16.9 Å². The summed E-state index contributed by atoms with van der Waals surface area (Å²) in [6.07, 6.45) is 3.14. The quantitative estimate of drug-likeness (QED) is 0.199. The number of hydrogen-bond acceptors (Lipinski definition) is 6. The number of rotatable bonds is 10. The molecule has 7 heteroatoms. The first-order valence-corrected chi connectivity index (χ1v) is 13.8. The van der Waals surface area contributed by atoms with Crippen molar-refractivity contribution in [3.05, 3.63) is 92.8 Å². The molecule has 1 aliphatic rings. The third-order valence-corrected chi connectivity index (χ3v) is 7.42. The van der Waals surface area contributed by atoms with E-state index >= 15 is 0 Å². The Morgan fingerprint density at radius 3 is 2.33 bits per heavy atom. The molecule has 0 radical (unpaired) electrons. The predicted molar refractivity (Wildman–Crippen MR) is 156 cm³/mol. The highest BCUT2D eigenvalue weighted by molar-refractivity contribution is 6.10. The van der Waals surface area contributed by atoms with Gasteiger partial charge in [0.25, 0.3) is 5.91 Å². The number of ether oxygens (including phenoxy) is 3. The molecule has 0 N–H and O–H groups in total. The van der Waals surface area contributed by atoms with Gasteiger partial charge < -0.3 is 18.6 Å². The lowest BCUT2D eigenvalue weighted by Gasteiger charge is -2.26. The summed E-state index contributed by atoms with van der Waals surface area (Å²) in [5.41, 5.74) is 3.81. The minimum absolute atomic E-state index is 0.0542. The number of nitrogens with zero attached hydrogens (tertiary/aromatic N) is 1. The largest absolute Gasteiger partial charge is 0.494 e. The van der Waals surface area contributed by atoms with Crippen LogP contribution < -0.4 is 24.5 Å². The number of aryl methyl sites for hydroxylation is 2. The number of anilines is 1. The Hall–Kier alpha value is -4.26. The first kappa shape index (κ1) is 27.3. The number of carbonyl (C=O) groups is 1. The Kier molecular flexibility index (Phi) is 7.83. The minimum atomic E-state index is -0.717. The number of methoxy groups -OCH3 is 1. The maximum Gasteiger partial charge on any atom is 0.295 e. The second-order valence-electron chi connectivity index (χ2n) is 10.1. The highest BCUT2D eigenvalue weighted by Crippen LogP contribution is 2.43. The van der Waals surface area contributed by atoms with Crippen molar-refractivity contribution in [3.8, 4) is 17.2 Å². The molecule has 1 amide bonds. The summed E-state index contributed by atoms with van der Waals surface area (Å²) in [4.78, 5) is 29.6. The van der Waals surface area contributed by atoms with E-state index < -0.39 is 6.04 Å². The fourth-order valence-electron chi connectivity index (χ4n) is 5.19. The maximum absolute atomic E-state index is 14.0. The van der Waals surface area contributed by atoms with Gasteiger partial charge in [0.1, 0.15) is 11.3 Å². The zero-order valence-corrected chi connectivity index (χ0v) is 23.7. The summed E-state index contributed by atoms with van der Waals surface area (Å²) < 4.78 is 23.5. The average Bonchev–Trinajstić information content (AvgIpc) is 3.25. The molecular weight excluding hydrogens is 506 g/mol. The fourth-order valence-corrected chi connectivity index (χ4v) is 5.19. The Morgan fingerprint density at radius 1 is 0.875 bits per heavy atom. The van der Waals surface area contributed by atoms with Crippen LogP contribution in [0.1, 0.15) is 72.0 Å². The zero-order valence-electron chi connectivity index (χ0n) is 23.7. The van der Waals surface area contributed by atoms with E-state index in [1.165, 1.54) is 0 Å². The molecule has 1 atom stereocenters. The molecule has 0 spiro atoms. The van der Waals surface area contributed by atoms with Crippen molar-refractivity contribution in [1.29, 1.82) is 0 Å². The summed E-state index contributed by atoms with van der Waals surface area (Å²) in [6, 6.07) is 15.8. The lowest BCUT2D eigenvalue weighted by atomic mass is 9.97. The Labute approximate surface area is 234 Å². The highest BCUT2D eigenvalue weighted by Gasteiger charge is 2.44. The van der Waals surface area contributed by atoms with Crippen LogP contribution in [0.2, 0.25) is 0 Å². The van der Waals surface area contributed by atoms with Crippen molar-refractivity contribution >= 4 is 22.6 Å². The van der Waals surface area contributed by atoms with Crippen molar-refractivity contribution in [2.75, 3.05) is 25.2 Å². The van der Waals surface area contributed by atoms with Gasteiger partial charge in [-0.25, -0.2) is 0 Å². The Morgan fingerprint density at radius 2 is 1.62 bits per heavy atom.